The molecule has 0 amide bonds. The van der Waals surface area contributed by atoms with Crippen LogP contribution in [-0.2, 0) is 0 Å². The molecule has 0 radical (unpaired) electrons. The summed E-state index contributed by atoms with van der Waals surface area (Å²) in [6.07, 6.45) is 4.88. The number of carbonyl (C=O) groups excluding carboxylic acids is 1. The molecule has 0 unspecified atom stereocenters. The van der Waals surface area contributed by atoms with Gasteiger partial charge in [0.1, 0.15) is 22.1 Å². The number of aromatic nitrogens is 1. The fourth-order valence-electron chi connectivity index (χ4n) is 3.05. The van der Waals surface area contributed by atoms with Gasteiger partial charge >= 0.3 is 5.97 Å². The Morgan fingerprint density at radius 1 is 0.909 bits per heavy atom. The molecule has 0 saturated heterocycles. The van der Waals surface area contributed by atoms with Crippen LogP contribution < -0.4 is 10.2 Å². The molecule has 1 N–H and O–H groups in total. The van der Waals surface area contributed by atoms with E-state index in [-0.39, 0.29) is 0 Å². The van der Waals surface area contributed by atoms with Gasteiger partial charge in [-0.05, 0) is 66.2 Å². The van der Waals surface area contributed by atoms with Gasteiger partial charge in [-0.15, -0.1) is 0 Å². The van der Waals surface area contributed by atoms with E-state index >= 15 is 0 Å². The molecule has 162 valence electrons. The minimum absolute atomic E-state index is 0.401. The Bertz CT molecular complexity index is 1310. The van der Waals surface area contributed by atoms with Gasteiger partial charge in [0.05, 0.1) is 24.3 Å². The quantitative estimate of drug-likeness (QED) is 0.134. The molecule has 0 bridgehead atoms. The van der Waals surface area contributed by atoms with Gasteiger partial charge in [0.25, 0.3) is 0 Å². The van der Waals surface area contributed by atoms with Crippen LogP contribution in [-0.4, -0.2) is 17.2 Å². The highest BCUT2D eigenvalue weighted by atomic mass is 32.1. The third kappa shape index (κ3) is 4.76. The zero-order valence-electron chi connectivity index (χ0n) is 17.2. The molecule has 0 atom stereocenters. The predicted molar refractivity (Wildman–Crippen MR) is 127 cm³/mol. The van der Waals surface area contributed by atoms with Crippen molar-refractivity contribution in [2.45, 2.75) is 0 Å². The number of hydrazone groups is 1. The highest BCUT2D eigenvalue weighted by molar-refractivity contribution is 7.19. The number of benzene rings is 2. The van der Waals surface area contributed by atoms with Gasteiger partial charge in [-0.25, -0.2) is 9.78 Å². The zero-order chi connectivity index (χ0) is 22.5. The summed E-state index contributed by atoms with van der Waals surface area (Å²) in [5, 5.41) is 4.87. The van der Waals surface area contributed by atoms with Crippen molar-refractivity contribution in [3.05, 3.63) is 103 Å². The number of esters is 1. The van der Waals surface area contributed by atoms with Gasteiger partial charge in [0.15, 0.2) is 5.76 Å². The van der Waals surface area contributed by atoms with Gasteiger partial charge < -0.3 is 13.6 Å². The molecule has 0 spiro atoms. The smallest absolute Gasteiger partial charge is 0.343 e. The third-order valence-corrected chi connectivity index (χ3v) is 5.58. The van der Waals surface area contributed by atoms with Crippen molar-refractivity contribution in [2.24, 2.45) is 5.10 Å². The van der Waals surface area contributed by atoms with E-state index in [2.05, 4.69) is 15.5 Å². The van der Waals surface area contributed by atoms with Gasteiger partial charge in [-0.1, -0.05) is 29.5 Å². The number of nitrogens with one attached hydrogen (secondary N) is 1. The second-order valence-electron chi connectivity index (χ2n) is 6.85. The lowest BCUT2D eigenvalue weighted by molar-refractivity contribution is 0.0734. The average Bonchev–Trinajstić information content (AvgIpc) is 3.62. The number of nitrogens with zero attached hydrogens (tertiary/aromatic N) is 2. The Balaban J connectivity index is 1.26. The Labute approximate surface area is 193 Å². The Morgan fingerprint density at radius 3 is 2.33 bits per heavy atom. The highest BCUT2D eigenvalue weighted by Crippen LogP contribution is 2.39. The number of hydrogen-bond acceptors (Lipinski definition) is 8. The lowest BCUT2D eigenvalue weighted by atomic mass is 10.2. The summed E-state index contributed by atoms with van der Waals surface area (Å²) in [4.78, 5) is 17.6. The van der Waals surface area contributed by atoms with E-state index in [9.17, 15) is 4.79 Å². The largest absolute Gasteiger partial charge is 0.463 e. The predicted octanol–water partition coefficient (Wildman–Crippen LogP) is 6.33. The number of furan rings is 2. The summed E-state index contributed by atoms with van der Waals surface area (Å²) in [7, 11) is 0. The van der Waals surface area contributed by atoms with E-state index in [1.807, 2.05) is 42.5 Å². The van der Waals surface area contributed by atoms with Crippen LogP contribution >= 0.6 is 11.3 Å². The fourth-order valence-corrected chi connectivity index (χ4v) is 3.94. The molecule has 7 nitrogen and oxygen atoms in total. The minimum atomic E-state index is -0.401. The molecule has 0 fully saturated rings. The summed E-state index contributed by atoms with van der Waals surface area (Å²) in [6, 6.07) is 23.3. The molecule has 3 aromatic heterocycles. The molecule has 0 saturated carbocycles. The molecule has 0 aliphatic heterocycles. The van der Waals surface area contributed by atoms with E-state index in [1.165, 1.54) is 11.3 Å². The van der Waals surface area contributed by atoms with Crippen LogP contribution in [0.4, 0.5) is 5.13 Å². The lowest BCUT2D eigenvalue weighted by Crippen LogP contribution is -2.08. The van der Waals surface area contributed by atoms with E-state index in [4.69, 9.17) is 13.6 Å². The Kier molecular flexibility index (Phi) is 5.81. The van der Waals surface area contributed by atoms with Crippen molar-refractivity contribution in [2.75, 3.05) is 5.43 Å². The van der Waals surface area contributed by atoms with E-state index in [0.717, 1.165) is 10.4 Å². The molecule has 5 aromatic rings. The maximum Gasteiger partial charge on any atom is 0.343 e. The van der Waals surface area contributed by atoms with E-state index in [1.54, 1.807) is 55.1 Å². The standard InChI is InChI=1S/C25H17N3O4S/c29-24(18-6-2-1-3-7-18)32-19-12-10-17(11-13-19)16-26-28-25-27-22(20-8-4-14-30-20)23(33-25)21-9-5-15-31-21/h1-16H,(H,27,28)/b26-16-. The van der Waals surface area contributed by atoms with Crippen LogP contribution in [0.1, 0.15) is 15.9 Å². The fraction of sp³-hybridized carbons (Fsp3) is 0. The van der Waals surface area contributed by atoms with Gasteiger partial charge in [0, 0.05) is 0 Å². The first kappa shape index (κ1) is 20.5. The molecular weight excluding hydrogens is 438 g/mol. The Hall–Kier alpha value is -4.43. The van der Waals surface area contributed by atoms with Crippen molar-refractivity contribution < 1.29 is 18.4 Å². The van der Waals surface area contributed by atoms with Crippen molar-refractivity contribution in [3.8, 4) is 27.8 Å². The summed E-state index contributed by atoms with van der Waals surface area (Å²) >= 11 is 1.41. The van der Waals surface area contributed by atoms with Crippen LogP contribution in [0, 0.1) is 0 Å². The Morgan fingerprint density at radius 2 is 1.64 bits per heavy atom. The molecule has 2 aromatic carbocycles. The monoisotopic (exact) mass is 455 g/mol. The number of ether oxygens (including phenoxy) is 1. The summed E-state index contributed by atoms with van der Waals surface area (Å²) in [6.45, 7) is 0. The number of hydrogen-bond donors (Lipinski definition) is 1. The molecular formula is C25H17N3O4S. The van der Waals surface area contributed by atoms with Crippen molar-refractivity contribution in [1.82, 2.24) is 4.98 Å². The first-order valence-electron chi connectivity index (χ1n) is 10.0. The summed E-state index contributed by atoms with van der Waals surface area (Å²) in [5.41, 5.74) is 4.97. The van der Waals surface area contributed by atoms with Crippen molar-refractivity contribution in [3.63, 3.8) is 0 Å². The summed E-state index contributed by atoms with van der Waals surface area (Å²) in [5.74, 6) is 1.41. The SMILES string of the molecule is O=C(Oc1ccc(/C=N\Nc2nc(-c3ccco3)c(-c3ccco3)s2)cc1)c1ccccc1. The van der Waals surface area contributed by atoms with Crippen LogP contribution in [0.5, 0.6) is 5.75 Å². The van der Waals surface area contributed by atoms with Gasteiger partial charge in [0.2, 0.25) is 5.13 Å². The molecule has 8 heteroatoms. The number of rotatable bonds is 7. The molecule has 3 heterocycles. The molecule has 0 aliphatic rings. The summed E-state index contributed by atoms with van der Waals surface area (Å²) < 4.78 is 16.4. The second-order valence-corrected chi connectivity index (χ2v) is 7.85. The minimum Gasteiger partial charge on any atom is -0.463 e. The van der Waals surface area contributed by atoms with Gasteiger partial charge in [-0.3, -0.25) is 5.43 Å². The topological polar surface area (TPSA) is 89.9 Å². The average molecular weight is 455 g/mol. The van der Waals surface area contributed by atoms with E-state index in [0.29, 0.717) is 33.7 Å². The first-order chi connectivity index (χ1) is 16.3. The maximum absolute atomic E-state index is 12.2. The molecule has 33 heavy (non-hydrogen) atoms. The second kappa shape index (κ2) is 9.37. The molecule has 5 rings (SSSR count). The third-order valence-electron chi connectivity index (χ3n) is 4.60. The number of carbonyl (C=O) groups is 1. The van der Waals surface area contributed by atoms with Crippen molar-refractivity contribution in [1.29, 1.82) is 0 Å². The maximum atomic E-state index is 12.2. The zero-order valence-corrected chi connectivity index (χ0v) is 18.0. The number of anilines is 1. The first-order valence-corrected chi connectivity index (χ1v) is 10.8. The van der Waals surface area contributed by atoms with Crippen LogP contribution in [0.25, 0.3) is 22.1 Å². The van der Waals surface area contributed by atoms with Crippen LogP contribution in [0.2, 0.25) is 0 Å². The number of thiazole rings is 1. The lowest BCUT2D eigenvalue weighted by Gasteiger charge is -2.04. The van der Waals surface area contributed by atoms with Crippen LogP contribution in [0.15, 0.2) is 105 Å². The van der Waals surface area contributed by atoms with Crippen molar-refractivity contribution >= 4 is 28.7 Å². The van der Waals surface area contributed by atoms with Gasteiger partial charge in [-0.2, -0.15) is 5.10 Å². The van der Waals surface area contributed by atoms with E-state index < -0.39 is 5.97 Å². The highest BCUT2D eigenvalue weighted by Gasteiger charge is 2.18. The molecule has 0 aliphatic carbocycles. The van der Waals surface area contributed by atoms with Crippen LogP contribution in [0.3, 0.4) is 0 Å². The normalized spacial score (nSPS) is 11.0.